The first-order chi connectivity index (χ1) is 25.2. The molecule has 3 fully saturated rings. The van der Waals surface area contributed by atoms with Gasteiger partial charge in [-0.1, -0.05) is 17.7 Å². The SMILES string of the molecule is CNc1cc(N2CCc3c(N4CCC(CN5CCN(c6ccc(NC7CCC(=O)NC7=O)c(Cl)c6)CC5)CC4)cccc32)nn2c(C(N)=O)cnc12. The number of nitrogens with one attached hydrogen (secondary N) is 3. The molecule has 1 unspecified atom stereocenters. The summed E-state index contributed by atoms with van der Waals surface area (Å²) in [6.07, 6.45) is 5.48. The zero-order valence-electron chi connectivity index (χ0n) is 29.3. The van der Waals surface area contributed by atoms with Crippen LogP contribution < -0.4 is 36.4 Å². The van der Waals surface area contributed by atoms with Crippen molar-refractivity contribution >= 4 is 69.2 Å². The number of anilines is 6. The number of carbonyl (C=O) groups is 3. The molecule has 14 nitrogen and oxygen atoms in total. The van der Waals surface area contributed by atoms with Crippen LogP contribution in [-0.4, -0.2) is 103 Å². The van der Waals surface area contributed by atoms with E-state index in [0.29, 0.717) is 35.1 Å². The third-order valence-corrected chi connectivity index (χ3v) is 11.3. The summed E-state index contributed by atoms with van der Waals surface area (Å²) in [5, 5.41) is 14.1. The predicted molar refractivity (Wildman–Crippen MR) is 203 cm³/mol. The zero-order valence-corrected chi connectivity index (χ0v) is 30.0. The molecule has 8 rings (SSSR count). The summed E-state index contributed by atoms with van der Waals surface area (Å²) < 4.78 is 1.54. The number of piperidine rings is 2. The number of benzene rings is 2. The number of imide groups is 1. The van der Waals surface area contributed by atoms with Gasteiger partial charge in [0.05, 0.1) is 22.6 Å². The molecule has 0 bridgehead atoms. The van der Waals surface area contributed by atoms with Crippen molar-refractivity contribution in [3.05, 3.63) is 64.9 Å². The number of fused-ring (bicyclic) bond motifs is 2. The number of rotatable bonds is 9. The molecule has 3 saturated heterocycles. The lowest BCUT2D eigenvalue weighted by molar-refractivity contribution is -0.133. The van der Waals surface area contributed by atoms with Gasteiger partial charge in [-0.2, -0.15) is 0 Å². The fraction of sp³-hybridized carbons (Fsp3) is 0.432. The Kier molecular flexibility index (Phi) is 9.26. The fourth-order valence-corrected chi connectivity index (χ4v) is 8.37. The molecule has 0 spiro atoms. The first-order valence-corrected chi connectivity index (χ1v) is 18.5. The van der Waals surface area contributed by atoms with Gasteiger partial charge in [0.1, 0.15) is 11.7 Å². The molecule has 0 saturated carbocycles. The van der Waals surface area contributed by atoms with Crippen LogP contribution in [0.4, 0.5) is 34.3 Å². The van der Waals surface area contributed by atoms with E-state index < -0.39 is 11.9 Å². The van der Waals surface area contributed by atoms with Crippen molar-refractivity contribution < 1.29 is 14.4 Å². The quantitative estimate of drug-likeness (QED) is 0.188. The van der Waals surface area contributed by atoms with Crippen molar-refractivity contribution in [2.24, 2.45) is 11.7 Å². The molecule has 52 heavy (non-hydrogen) atoms. The Labute approximate surface area is 307 Å². The average molecular weight is 726 g/mol. The maximum Gasteiger partial charge on any atom is 0.269 e. The zero-order chi connectivity index (χ0) is 35.9. The molecule has 0 aliphatic carbocycles. The van der Waals surface area contributed by atoms with E-state index in [1.807, 2.05) is 25.2 Å². The summed E-state index contributed by atoms with van der Waals surface area (Å²) >= 11 is 6.64. The monoisotopic (exact) mass is 725 g/mol. The van der Waals surface area contributed by atoms with E-state index in [4.69, 9.17) is 22.4 Å². The molecule has 15 heteroatoms. The first-order valence-electron chi connectivity index (χ1n) is 18.1. The van der Waals surface area contributed by atoms with Gasteiger partial charge in [-0.05, 0) is 61.9 Å². The van der Waals surface area contributed by atoms with E-state index in [9.17, 15) is 14.4 Å². The molecular weight excluding hydrogens is 682 g/mol. The average Bonchev–Trinajstić information content (AvgIpc) is 3.79. The molecule has 6 heterocycles. The Morgan fingerprint density at radius 2 is 1.73 bits per heavy atom. The predicted octanol–water partition coefficient (Wildman–Crippen LogP) is 3.47. The van der Waals surface area contributed by atoms with Gasteiger partial charge >= 0.3 is 0 Å². The molecule has 2 aromatic carbocycles. The van der Waals surface area contributed by atoms with E-state index >= 15 is 0 Å². The molecule has 4 aromatic rings. The van der Waals surface area contributed by atoms with Crippen molar-refractivity contribution in [1.29, 1.82) is 0 Å². The van der Waals surface area contributed by atoms with Gasteiger partial charge in [-0.25, -0.2) is 9.50 Å². The second kappa shape index (κ2) is 14.2. The molecule has 4 aliphatic heterocycles. The molecule has 2 aromatic heterocycles. The van der Waals surface area contributed by atoms with Gasteiger partial charge in [0.2, 0.25) is 11.8 Å². The number of piperazine rings is 1. The highest BCUT2D eigenvalue weighted by atomic mass is 35.5. The summed E-state index contributed by atoms with van der Waals surface area (Å²) in [6.45, 7) is 7.85. The first kappa shape index (κ1) is 34.0. The molecule has 4 aliphatic rings. The van der Waals surface area contributed by atoms with Gasteiger partial charge < -0.3 is 31.1 Å². The lowest BCUT2D eigenvalue weighted by Crippen LogP contribution is -2.49. The number of hydrogen-bond acceptors (Lipinski definition) is 11. The number of nitrogens with zero attached hydrogens (tertiary/aromatic N) is 7. The van der Waals surface area contributed by atoms with Crippen molar-refractivity contribution in [3.8, 4) is 0 Å². The Morgan fingerprint density at radius 3 is 2.46 bits per heavy atom. The Bertz CT molecular complexity index is 2020. The Morgan fingerprint density at radius 1 is 0.942 bits per heavy atom. The van der Waals surface area contributed by atoms with Crippen molar-refractivity contribution in [3.63, 3.8) is 0 Å². The topological polar surface area (TPSA) is 156 Å². The molecule has 5 N–H and O–H groups in total. The second-order valence-corrected chi connectivity index (χ2v) is 14.5. The van der Waals surface area contributed by atoms with E-state index in [2.05, 4.69) is 64.8 Å². The number of aromatic nitrogens is 3. The largest absolute Gasteiger partial charge is 0.385 e. The van der Waals surface area contributed by atoms with Crippen molar-refractivity contribution in [1.82, 2.24) is 24.8 Å². The lowest BCUT2D eigenvalue weighted by Gasteiger charge is -2.40. The molecule has 0 radical (unpaired) electrons. The molecular formula is C37H44ClN11O3. The fourth-order valence-electron chi connectivity index (χ4n) is 8.14. The van der Waals surface area contributed by atoms with Gasteiger partial charge in [0, 0.05) is 94.5 Å². The van der Waals surface area contributed by atoms with Crippen LogP contribution in [0.1, 0.15) is 41.7 Å². The van der Waals surface area contributed by atoms with Crippen molar-refractivity contribution in [2.45, 2.75) is 38.1 Å². The number of halogens is 1. The minimum Gasteiger partial charge on any atom is -0.385 e. The van der Waals surface area contributed by atoms with Crippen LogP contribution in [0.15, 0.2) is 48.7 Å². The standard InChI is InChI=1S/C37H44ClN11O3/c1-40-29-20-33(44-49-32(35(39)51)21-41-36(29)49)48-14-11-25-30(3-2-4-31(25)48)47-12-9-23(10-13-47)22-45-15-17-46(18-16-45)24-5-6-27(26(38)19-24)42-28-7-8-34(50)43-37(28)52/h2-6,19-21,23,28,40,42H,7-18,22H2,1H3,(H2,39,51)(H,43,50,52). The highest BCUT2D eigenvalue weighted by molar-refractivity contribution is 6.33. The number of amides is 3. The van der Waals surface area contributed by atoms with Gasteiger partial charge in [0.25, 0.3) is 5.91 Å². The van der Waals surface area contributed by atoms with Gasteiger partial charge in [-0.3, -0.25) is 24.6 Å². The van der Waals surface area contributed by atoms with E-state index in [1.165, 1.54) is 22.0 Å². The van der Waals surface area contributed by atoms with Crippen LogP contribution in [0, 0.1) is 5.92 Å². The smallest absolute Gasteiger partial charge is 0.269 e. The number of imidazole rings is 1. The van der Waals surface area contributed by atoms with Crippen LogP contribution in [0.25, 0.3) is 5.65 Å². The summed E-state index contributed by atoms with van der Waals surface area (Å²) in [4.78, 5) is 49.8. The highest BCUT2D eigenvalue weighted by Crippen LogP contribution is 2.41. The van der Waals surface area contributed by atoms with Crippen LogP contribution >= 0.6 is 11.6 Å². The number of carbonyl (C=O) groups excluding carboxylic acids is 3. The minimum atomic E-state index is -0.565. The van der Waals surface area contributed by atoms with Crippen LogP contribution in [-0.2, 0) is 16.0 Å². The summed E-state index contributed by atoms with van der Waals surface area (Å²) in [5.74, 6) is 0.301. The number of nitrogens with two attached hydrogens (primary N) is 1. The third-order valence-electron chi connectivity index (χ3n) is 11.0. The van der Waals surface area contributed by atoms with E-state index in [-0.39, 0.29) is 17.5 Å². The molecule has 3 amide bonds. The lowest BCUT2D eigenvalue weighted by atomic mass is 9.94. The number of primary amides is 1. The minimum absolute atomic E-state index is 0.232. The van der Waals surface area contributed by atoms with Crippen LogP contribution in [0.5, 0.6) is 0 Å². The number of hydrogen-bond donors (Lipinski definition) is 4. The maximum absolute atomic E-state index is 12.2. The van der Waals surface area contributed by atoms with Crippen molar-refractivity contribution in [2.75, 3.05) is 84.7 Å². The van der Waals surface area contributed by atoms with E-state index in [0.717, 1.165) is 94.5 Å². The van der Waals surface area contributed by atoms with E-state index in [1.54, 1.807) is 0 Å². The summed E-state index contributed by atoms with van der Waals surface area (Å²) in [6, 6.07) is 14.0. The van der Waals surface area contributed by atoms with Crippen LogP contribution in [0.2, 0.25) is 5.02 Å². The van der Waals surface area contributed by atoms with Crippen LogP contribution in [0.3, 0.4) is 0 Å². The summed E-state index contributed by atoms with van der Waals surface area (Å²) in [5.41, 5.74) is 12.8. The highest BCUT2D eigenvalue weighted by Gasteiger charge is 2.31. The normalized spacial score (nSPS) is 20.0. The second-order valence-electron chi connectivity index (χ2n) is 14.1. The Balaban J connectivity index is 0.854. The molecule has 272 valence electrons. The van der Waals surface area contributed by atoms with Gasteiger partial charge in [0.15, 0.2) is 11.5 Å². The third kappa shape index (κ3) is 6.56. The van der Waals surface area contributed by atoms with Gasteiger partial charge in [-0.15, -0.1) is 5.10 Å². The maximum atomic E-state index is 12.2. The summed E-state index contributed by atoms with van der Waals surface area (Å²) in [7, 11) is 1.83. The Hall–Kier alpha value is -5.08. The molecule has 1 atom stereocenters.